The van der Waals surface area contributed by atoms with Crippen molar-refractivity contribution in [3.8, 4) is 0 Å². The first kappa shape index (κ1) is 18.0. The average Bonchev–Trinajstić information content (AvgIpc) is 2.74. The Balaban J connectivity index is 1.59. The van der Waals surface area contributed by atoms with Crippen molar-refractivity contribution in [1.82, 2.24) is 9.97 Å². The van der Waals surface area contributed by atoms with Gasteiger partial charge in [0.25, 0.3) is 5.56 Å². The fourth-order valence-electron chi connectivity index (χ4n) is 2.92. The quantitative estimate of drug-likeness (QED) is 0.408. The van der Waals surface area contributed by atoms with Gasteiger partial charge in [0.2, 0.25) is 5.91 Å². The monoisotopic (exact) mass is 387 g/mol. The zero-order chi connectivity index (χ0) is 19.3. The van der Waals surface area contributed by atoms with Crippen molar-refractivity contribution in [3.63, 3.8) is 0 Å². The average molecular weight is 387 g/mol. The van der Waals surface area contributed by atoms with Crippen molar-refractivity contribution in [3.05, 3.63) is 95.3 Å². The van der Waals surface area contributed by atoms with E-state index in [2.05, 4.69) is 9.97 Å². The Bertz CT molecular complexity index is 1120. The molecule has 0 unspecified atom stereocenters. The topological polar surface area (TPSA) is 66.1 Å². The van der Waals surface area contributed by atoms with E-state index in [1.165, 1.54) is 11.8 Å². The number of hydrogen-bond donors (Lipinski definition) is 1. The molecule has 0 fully saturated rings. The van der Waals surface area contributed by atoms with E-state index >= 15 is 0 Å². The summed E-state index contributed by atoms with van der Waals surface area (Å²) in [6.07, 6.45) is 0. The summed E-state index contributed by atoms with van der Waals surface area (Å²) in [6, 6.07) is 26.1. The lowest BCUT2D eigenvalue weighted by Crippen LogP contribution is -2.27. The highest BCUT2D eigenvalue weighted by molar-refractivity contribution is 7.99. The normalized spacial score (nSPS) is 10.7. The number of rotatable bonds is 5. The minimum absolute atomic E-state index is 0.0989. The van der Waals surface area contributed by atoms with E-state index in [4.69, 9.17) is 0 Å². The molecule has 5 nitrogen and oxygen atoms in total. The smallest absolute Gasteiger partial charge is 0.259 e. The maximum atomic E-state index is 13.1. The van der Waals surface area contributed by atoms with Crippen molar-refractivity contribution in [2.75, 3.05) is 10.7 Å². The maximum absolute atomic E-state index is 13.1. The molecule has 0 bridgehead atoms. The number of thioether (sulfide) groups is 1. The lowest BCUT2D eigenvalue weighted by Gasteiger charge is -2.22. The van der Waals surface area contributed by atoms with Gasteiger partial charge < -0.3 is 4.98 Å². The summed E-state index contributed by atoms with van der Waals surface area (Å²) in [6.45, 7) is 0. The molecular weight excluding hydrogens is 370 g/mol. The van der Waals surface area contributed by atoms with Crippen LogP contribution in [0.25, 0.3) is 10.9 Å². The Morgan fingerprint density at radius 3 is 2.07 bits per heavy atom. The summed E-state index contributed by atoms with van der Waals surface area (Å²) in [5, 5.41) is 0.964. The van der Waals surface area contributed by atoms with Crippen molar-refractivity contribution < 1.29 is 4.79 Å². The van der Waals surface area contributed by atoms with E-state index in [1.807, 2.05) is 66.7 Å². The minimum Gasteiger partial charge on any atom is -0.301 e. The van der Waals surface area contributed by atoms with Crippen LogP contribution in [-0.4, -0.2) is 21.6 Å². The number of anilines is 2. The van der Waals surface area contributed by atoms with Crippen LogP contribution in [0.15, 0.2) is 94.9 Å². The molecule has 1 aromatic heterocycles. The standard InChI is InChI=1S/C22H17N3O2S/c26-20(15-28-22-23-19-14-8-7-13-18(19)21(27)24-22)25(16-9-3-1-4-10-16)17-11-5-2-6-12-17/h1-14H,15H2,(H,23,24,27). The third kappa shape index (κ3) is 3.82. The van der Waals surface area contributed by atoms with E-state index in [0.29, 0.717) is 16.1 Å². The van der Waals surface area contributed by atoms with Gasteiger partial charge in [-0.3, -0.25) is 14.5 Å². The van der Waals surface area contributed by atoms with E-state index in [-0.39, 0.29) is 17.2 Å². The van der Waals surface area contributed by atoms with Gasteiger partial charge in [-0.25, -0.2) is 4.98 Å². The number of H-pyrrole nitrogens is 1. The lowest BCUT2D eigenvalue weighted by molar-refractivity contribution is -0.115. The van der Waals surface area contributed by atoms with Gasteiger partial charge >= 0.3 is 0 Å². The van der Waals surface area contributed by atoms with Gasteiger partial charge in [0.1, 0.15) is 0 Å². The third-order valence-corrected chi connectivity index (χ3v) is 5.06. The van der Waals surface area contributed by atoms with Crippen molar-refractivity contribution in [1.29, 1.82) is 0 Å². The van der Waals surface area contributed by atoms with Crippen molar-refractivity contribution in [2.45, 2.75) is 5.16 Å². The highest BCUT2D eigenvalue weighted by atomic mass is 32.2. The van der Waals surface area contributed by atoms with Crippen LogP contribution < -0.4 is 10.5 Å². The van der Waals surface area contributed by atoms with Gasteiger partial charge in [-0.05, 0) is 36.4 Å². The zero-order valence-electron chi connectivity index (χ0n) is 14.9. The Labute approximate surface area is 166 Å². The fourth-order valence-corrected chi connectivity index (χ4v) is 3.64. The molecule has 0 radical (unpaired) electrons. The summed E-state index contributed by atoms with van der Waals surface area (Å²) < 4.78 is 0. The molecule has 6 heteroatoms. The van der Waals surface area contributed by atoms with Gasteiger partial charge in [0.05, 0.1) is 16.7 Å². The molecule has 1 N–H and O–H groups in total. The molecule has 138 valence electrons. The molecule has 3 aromatic carbocycles. The SMILES string of the molecule is O=C(CSc1nc2ccccc2c(=O)[nH]1)N(c1ccccc1)c1ccccc1. The van der Waals surface area contributed by atoms with Crippen LogP contribution in [0.5, 0.6) is 0 Å². The van der Waals surface area contributed by atoms with Crippen molar-refractivity contribution >= 4 is 39.9 Å². The molecule has 0 saturated carbocycles. The summed E-state index contributed by atoms with van der Waals surface area (Å²) in [5.41, 5.74) is 1.99. The summed E-state index contributed by atoms with van der Waals surface area (Å²) in [7, 11) is 0. The van der Waals surface area contributed by atoms with Gasteiger partial charge in [-0.1, -0.05) is 60.3 Å². The van der Waals surface area contributed by atoms with E-state index in [1.54, 1.807) is 23.1 Å². The van der Waals surface area contributed by atoms with Crippen LogP contribution >= 0.6 is 11.8 Å². The Kier molecular flexibility index (Phi) is 5.21. The van der Waals surface area contributed by atoms with Crippen LogP contribution in [0, 0.1) is 0 Å². The highest BCUT2D eigenvalue weighted by Crippen LogP contribution is 2.26. The number of fused-ring (bicyclic) bond motifs is 1. The molecule has 4 aromatic rings. The fraction of sp³-hybridized carbons (Fsp3) is 0.0455. The summed E-state index contributed by atoms with van der Waals surface area (Å²) in [5.74, 6) is 0.0450. The number of amides is 1. The predicted molar refractivity (Wildman–Crippen MR) is 113 cm³/mol. The van der Waals surface area contributed by atoms with E-state index in [0.717, 1.165) is 11.4 Å². The van der Waals surface area contributed by atoms with Gasteiger partial charge in [0.15, 0.2) is 5.16 Å². The lowest BCUT2D eigenvalue weighted by atomic mass is 10.2. The summed E-state index contributed by atoms with van der Waals surface area (Å²) >= 11 is 1.22. The third-order valence-electron chi connectivity index (χ3n) is 4.20. The second kappa shape index (κ2) is 8.10. The van der Waals surface area contributed by atoms with E-state index < -0.39 is 0 Å². The van der Waals surface area contributed by atoms with Gasteiger partial charge in [-0.15, -0.1) is 0 Å². The number of hydrogen-bond acceptors (Lipinski definition) is 4. The van der Waals surface area contributed by atoms with Crippen LogP contribution in [0.4, 0.5) is 11.4 Å². The molecule has 0 spiro atoms. The summed E-state index contributed by atoms with van der Waals surface area (Å²) in [4.78, 5) is 34.1. The van der Waals surface area contributed by atoms with Crippen LogP contribution in [0.3, 0.4) is 0 Å². The van der Waals surface area contributed by atoms with Gasteiger partial charge in [0, 0.05) is 11.4 Å². The van der Waals surface area contributed by atoms with Crippen LogP contribution in [0.1, 0.15) is 0 Å². The molecule has 1 amide bonds. The second-order valence-corrected chi connectivity index (χ2v) is 7.04. The molecular formula is C22H17N3O2S. The number of benzene rings is 3. The van der Waals surface area contributed by atoms with Crippen LogP contribution in [-0.2, 0) is 4.79 Å². The minimum atomic E-state index is -0.205. The molecule has 0 atom stereocenters. The molecule has 0 aliphatic rings. The number of carbonyl (C=O) groups excluding carboxylic acids is 1. The van der Waals surface area contributed by atoms with Crippen LogP contribution in [0.2, 0.25) is 0 Å². The molecule has 0 saturated heterocycles. The number of para-hydroxylation sites is 3. The molecule has 28 heavy (non-hydrogen) atoms. The first-order valence-electron chi connectivity index (χ1n) is 8.77. The van der Waals surface area contributed by atoms with Crippen molar-refractivity contribution in [2.24, 2.45) is 0 Å². The zero-order valence-corrected chi connectivity index (χ0v) is 15.7. The number of aromatic nitrogens is 2. The Morgan fingerprint density at radius 2 is 1.43 bits per heavy atom. The molecule has 1 heterocycles. The number of carbonyl (C=O) groups is 1. The second-order valence-electron chi connectivity index (χ2n) is 6.08. The van der Waals surface area contributed by atoms with E-state index in [9.17, 15) is 9.59 Å². The predicted octanol–water partition coefficient (Wildman–Crippen LogP) is 4.38. The first-order valence-corrected chi connectivity index (χ1v) is 9.76. The number of aromatic amines is 1. The molecule has 4 rings (SSSR count). The van der Waals surface area contributed by atoms with Gasteiger partial charge in [-0.2, -0.15) is 0 Å². The molecule has 0 aliphatic carbocycles. The first-order chi connectivity index (χ1) is 13.7. The largest absolute Gasteiger partial charge is 0.301 e. The number of nitrogens with zero attached hydrogens (tertiary/aromatic N) is 2. The molecule has 0 aliphatic heterocycles. The number of nitrogens with one attached hydrogen (secondary N) is 1. The maximum Gasteiger partial charge on any atom is 0.259 e. The highest BCUT2D eigenvalue weighted by Gasteiger charge is 2.18. The Hall–Kier alpha value is -3.38. The Morgan fingerprint density at radius 1 is 0.857 bits per heavy atom.